The minimum absolute atomic E-state index is 0.0783. The van der Waals surface area contributed by atoms with Crippen molar-refractivity contribution in [2.45, 2.75) is 0 Å². The predicted molar refractivity (Wildman–Crippen MR) is 62.1 cm³/mol. The maximum absolute atomic E-state index is 13.9. The molecule has 1 rings (SSSR count). The van der Waals surface area contributed by atoms with E-state index in [4.69, 9.17) is 10.4 Å². The maximum Gasteiger partial charge on any atom is 0.328 e. The van der Waals surface area contributed by atoms with Crippen molar-refractivity contribution in [1.82, 2.24) is 0 Å². The van der Waals surface area contributed by atoms with Gasteiger partial charge in [0.25, 0.3) is 0 Å². The molecule has 0 aliphatic heterocycles. The number of halogens is 1. The highest BCUT2D eigenvalue weighted by Gasteiger charge is 2.13. The fourth-order valence-corrected chi connectivity index (χ4v) is 1.35. The van der Waals surface area contributed by atoms with Gasteiger partial charge in [-0.05, 0) is 18.2 Å². The van der Waals surface area contributed by atoms with Gasteiger partial charge in [-0.3, -0.25) is 0 Å². The normalized spacial score (nSPS) is 10.2. The van der Waals surface area contributed by atoms with Gasteiger partial charge in [-0.1, -0.05) is 0 Å². The molecular formula is C12H11FN2O2. The van der Waals surface area contributed by atoms with Crippen LogP contribution in [0, 0.1) is 17.1 Å². The summed E-state index contributed by atoms with van der Waals surface area (Å²) in [6.07, 6.45) is 1.95. The number of nitriles is 1. The highest BCUT2D eigenvalue weighted by Crippen LogP contribution is 2.24. The van der Waals surface area contributed by atoms with Crippen molar-refractivity contribution < 1.29 is 14.3 Å². The first-order chi connectivity index (χ1) is 7.97. The maximum atomic E-state index is 13.9. The molecule has 0 amide bonds. The Hall–Kier alpha value is -2.35. The molecule has 0 aromatic heterocycles. The van der Waals surface area contributed by atoms with E-state index in [1.165, 1.54) is 6.07 Å². The fourth-order valence-electron chi connectivity index (χ4n) is 1.35. The molecule has 1 aromatic carbocycles. The molecule has 0 aliphatic carbocycles. The lowest BCUT2D eigenvalue weighted by Gasteiger charge is -2.15. The van der Waals surface area contributed by atoms with Gasteiger partial charge in [-0.2, -0.15) is 5.26 Å². The molecule has 0 heterocycles. The monoisotopic (exact) mass is 234 g/mol. The molecule has 0 radical (unpaired) electrons. The standard InChI is InChI=1S/C12H11FN2O2/c1-15(2)10-5-3-8(4-6-11(16)17)12(13)9(10)7-14/h3-6H,1-2H3,(H,16,17). The van der Waals surface area contributed by atoms with Crippen LogP contribution >= 0.6 is 0 Å². The average Bonchev–Trinajstić information content (AvgIpc) is 2.26. The molecule has 4 nitrogen and oxygen atoms in total. The van der Waals surface area contributed by atoms with E-state index in [-0.39, 0.29) is 11.1 Å². The van der Waals surface area contributed by atoms with Crippen LogP contribution < -0.4 is 4.90 Å². The van der Waals surface area contributed by atoms with E-state index in [1.54, 1.807) is 31.1 Å². The van der Waals surface area contributed by atoms with Gasteiger partial charge in [0.1, 0.15) is 17.4 Å². The zero-order valence-electron chi connectivity index (χ0n) is 9.44. The van der Waals surface area contributed by atoms with Gasteiger partial charge in [0.2, 0.25) is 0 Å². The molecule has 0 saturated carbocycles. The van der Waals surface area contributed by atoms with E-state index in [1.807, 2.05) is 0 Å². The van der Waals surface area contributed by atoms with Gasteiger partial charge in [-0.15, -0.1) is 0 Å². The number of hydrogen-bond donors (Lipinski definition) is 1. The molecule has 0 aliphatic rings. The highest BCUT2D eigenvalue weighted by molar-refractivity contribution is 5.85. The van der Waals surface area contributed by atoms with Crippen molar-refractivity contribution in [1.29, 1.82) is 5.26 Å². The lowest BCUT2D eigenvalue weighted by molar-refractivity contribution is -0.131. The number of carboxylic acid groups (broad SMARTS) is 1. The van der Waals surface area contributed by atoms with Crippen LogP contribution in [-0.4, -0.2) is 25.2 Å². The fraction of sp³-hybridized carbons (Fsp3) is 0.167. The Kier molecular flexibility index (Phi) is 3.83. The van der Waals surface area contributed by atoms with Gasteiger partial charge >= 0.3 is 5.97 Å². The molecule has 1 N–H and O–H groups in total. The summed E-state index contributed by atoms with van der Waals surface area (Å²) in [6, 6.07) is 4.78. The van der Waals surface area contributed by atoms with E-state index >= 15 is 0 Å². The number of carboxylic acids is 1. The highest BCUT2D eigenvalue weighted by atomic mass is 19.1. The second-order valence-electron chi connectivity index (χ2n) is 3.54. The third-order valence-electron chi connectivity index (χ3n) is 2.15. The third-order valence-corrected chi connectivity index (χ3v) is 2.15. The van der Waals surface area contributed by atoms with Crippen molar-refractivity contribution in [2.24, 2.45) is 0 Å². The summed E-state index contributed by atoms with van der Waals surface area (Å²) in [5, 5.41) is 17.3. The lowest BCUT2D eigenvalue weighted by atomic mass is 10.1. The Labute approximate surface area is 98.2 Å². The molecule has 0 unspecified atom stereocenters. The molecule has 17 heavy (non-hydrogen) atoms. The SMILES string of the molecule is CN(C)c1ccc(C=CC(=O)O)c(F)c1C#N. The van der Waals surface area contributed by atoms with Crippen LogP contribution in [0.3, 0.4) is 0 Å². The molecule has 0 atom stereocenters. The van der Waals surface area contributed by atoms with Crippen LogP contribution in [-0.2, 0) is 4.79 Å². The Bertz CT molecular complexity index is 516. The smallest absolute Gasteiger partial charge is 0.328 e. The molecule has 1 aromatic rings. The van der Waals surface area contributed by atoms with Crippen LogP contribution in [0.15, 0.2) is 18.2 Å². The molecule has 5 heteroatoms. The zero-order chi connectivity index (χ0) is 13.0. The molecule has 88 valence electrons. The average molecular weight is 234 g/mol. The van der Waals surface area contributed by atoms with Gasteiger partial charge in [-0.25, -0.2) is 9.18 Å². The van der Waals surface area contributed by atoms with Crippen molar-refractivity contribution in [3.05, 3.63) is 35.2 Å². The zero-order valence-corrected chi connectivity index (χ0v) is 9.44. The number of benzene rings is 1. The van der Waals surface area contributed by atoms with Crippen molar-refractivity contribution in [2.75, 3.05) is 19.0 Å². The Balaban J connectivity index is 3.31. The number of anilines is 1. The van der Waals surface area contributed by atoms with Crippen molar-refractivity contribution in [3.63, 3.8) is 0 Å². The number of carbonyl (C=O) groups is 1. The molecule has 0 saturated heterocycles. The second kappa shape index (κ2) is 5.12. The summed E-state index contributed by atoms with van der Waals surface area (Å²) in [5.74, 6) is -1.88. The van der Waals surface area contributed by atoms with Crippen LogP contribution in [0.4, 0.5) is 10.1 Å². The Morgan fingerprint density at radius 1 is 1.53 bits per heavy atom. The summed E-state index contributed by atoms with van der Waals surface area (Å²) in [5.41, 5.74) is 0.439. The first-order valence-electron chi connectivity index (χ1n) is 4.78. The van der Waals surface area contributed by atoms with Crippen LogP contribution in [0.1, 0.15) is 11.1 Å². The predicted octanol–water partition coefficient (Wildman–Crippen LogP) is 1.86. The summed E-state index contributed by atoms with van der Waals surface area (Å²) in [4.78, 5) is 11.9. The van der Waals surface area contributed by atoms with E-state index < -0.39 is 11.8 Å². The summed E-state index contributed by atoms with van der Waals surface area (Å²) in [7, 11) is 3.39. The van der Waals surface area contributed by atoms with E-state index in [0.29, 0.717) is 5.69 Å². The quantitative estimate of drug-likeness (QED) is 0.811. The topological polar surface area (TPSA) is 64.3 Å². The van der Waals surface area contributed by atoms with Crippen LogP contribution in [0.5, 0.6) is 0 Å². The van der Waals surface area contributed by atoms with Gasteiger partial charge in [0, 0.05) is 25.7 Å². The van der Waals surface area contributed by atoms with E-state index in [9.17, 15) is 9.18 Å². The largest absolute Gasteiger partial charge is 0.478 e. The number of nitrogens with zero attached hydrogens (tertiary/aromatic N) is 2. The minimum atomic E-state index is -1.17. The third kappa shape index (κ3) is 2.82. The van der Waals surface area contributed by atoms with Gasteiger partial charge in [0.05, 0.1) is 5.69 Å². The molecule has 0 fully saturated rings. The van der Waals surface area contributed by atoms with Crippen molar-refractivity contribution >= 4 is 17.7 Å². The summed E-state index contributed by atoms with van der Waals surface area (Å²) in [6.45, 7) is 0. The number of aliphatic carboxylic acids is 1. The van der Waals surface area contributed by atoms with Crippen LogP contribution in [0.25, 0.3) is 6.08 Å². The number of hydrogen-bond acceptors (Lipinski definition) is 3. The number of rotatable bonds is 3. The van der Waals surface area contributed by atoms with E-state index in [2.05, 4.69) is 0 Å². The Morgan fingerprint density at radius 3 is 2.65 bits per heavy atom. The van der Waals surface area contributed by atoms with Crippen LogP contribution in [0.2, 0.25) is 0 Å². The van der Waals surface area contributed by atoms with E-state index in [0.717, 1.165) is 12.2 Å². The minimum Gasteiger partial charge on any atom is -0.478 e. The second-order valence-corrected chi connectivity index (χ2v) is 3.54. The first kappa shape index (κ1) is 12.7. The lowest BCUT2D eigenvalue weighted by Crippen LogP contribution is -2.11. The molecule has 0 spiro atoms. The summed E-state index contributed by atoms with van der Waals surface area (Å²) >= 11 is 0. The molecular weight excluding hydrogens is 223 g/mol. The molecule has 0 bridgehead atoms. The Morgan fingerprint density at radius 2 is 2.18 bits per heavy atom. The van der Waals surface area contributed by atoms with Gasteiger partial charge in [0.15, 0.2) is 0 Å². The van der Waals surface area contributed by atoms with Gasteiger partial charge < -0.3 is 10.0 Å². The first-order valence-corrected chi connectivity index (χ1v) is 4.78. The van der Waals surface area contributed by atoms with Crippen molar-refractivity contribution in [3.8, 4) is 6.07 Å². The summed E-state index contributed by atoms with van der Waals surface area (Å²) < 4.78 is 13.9.